The molecule has 4 aromatic rings. The highest BCUT2D eigenvalue weighted by Gasteiger charge is 2.37. The van der Waals surface area contributed by atoms with E-state index in [0.29, 0.717) is 11.3 Å². The van der Waals surface area contributed by atoms with Gasteiger partial charge in [0.25, 0.3) is 0 Å². The maximum absolute atomic E-state index is 13.6. The molecule has 0 radical (unpaired) electrons. The molecule has 4 aromatic carbocycles. The number of alkyl halides is 3. The van der Waals surface area contributed by atoms with E-state index >= 15 is 0 Å². The third kappa shape index (κ3) is 8.10. The molecule has 3 amide bonds. The molecular formula is C36H34F3N3O5. The molecule has 0 saturated heterocycles. The van der Waals surface area contributed by atoms with E-state index < -0.39 is 41.7 Å². The number of carboxylic acids is 1. The van der Waals surface area contributed by atoms with Crippen molar-refractivity contribution in [2.75, 3.05) is 14.1 Å². The van der Waals surface area contributed by atoms with Crippen LogP contribution in [0.3, 0.4) is 0 Å². The first-order valence-corrected chi connectivity index (χ1v) is 14.9. The Morgan fingerprint density at radius 1 is 0.894 bits per heavy atom. The van der Waals surface area contributed by atoms with Crippen LogP contribution in [0, 0.1) is 0 Å². The van der Waals surface area contributed by atoms with Gasteiger partial charge in [0.1, 0.15) is 24.4 Å². The van der Waals surface area contributed by atoms with Crippen molar-refractivity contribution in [2.45, 2.75) is 44.3 Å². The van der Waals surface area contributed by atoms with E-state index in [1.165, 1.54) is 21.9 Å². The summed E-state index contributed by atoms with van der Waals surface area (Å²) < 4.78 is 44.5. The van der Waals surface area contributed by atoms with Crippen LogP contribution in [0.5, 0.6) is 5.75 Å². The number of aliphatic carboxylic acids is 1. The van der Waals surface area contributed by atoms with E-state index in [1.807, 2.05) is 54.6 Å². The Labute approximate surface area is 270 Å². The molecule has 11 heteroatoms. The number of hydrogen-bond acceptors (Lipinski definition) is 4. The first-order valence-electron chi connectivity index (χ1n) is 14.9. The van der Waals surface area contributed by atoms with E-state index in [4.69, 9.17) is 4.74 Å². The summed E-state index contributed by atoms with van der Waals surface area (Å²) >= 11 is 0. The number of fused-ring (bicyclic) bond motifs is 1. The second kappa shape index (κ2) is 14.0. The van der Waals surface area contributed by atoms with Crippen LogP contribution in [-0.4, -0.2) is 59.0 Å². The van der Waals surface area contributed by atoms with Crippen molar-refractivity contribution in [3.63, 3.8) is 0 Å². The summed E-state index contributed by atoms with van der Waals surface area (Å²) in [6.07, 6.45) is -4.22. The molecule has 5 rings (SSSR count). The highest BCUT2D eigenvalue weighted by molar-refractivity contribution is 5.91. The van der Waals surface area contributed by atoms with Gasteiger partial charge in [-0.1, -0.05) is 72.8 Å². The normalized spacial score (nSPS) is 14.9. The van der Waals surface area contributed by atoms with Gasteiger partial charge in [0, 0.05) is 33.5 Å². The quantitative estimate of drug-likeness (QED) is 0.227. The van der Waals surface area contributed by atoms with Crippen molar-refractivity contribution in [3.05, 3.63) is 125 Å². The van der Waals surface area contributed by atoms with Crippen LogP contribution in [-0.2, 0) is 41.8 Å². The van der Waals surface area contributed by atoms with Crippen molar-refractivity contribution < 1.29 is 37.4 Å². The number of nitrogens with one attached hydrogen (secondary N) is 1. The molecule has 0 saturated carbocycles. The van der Waals surface area contributed by atoms with Gasteiger partial charge in [-0.25, -0.2) is 9.59 Å². The lowest BCUT2D eigenvalue weighted by molar-refractivity contribution is -0.142. The van der Waals surface area contributed by atoms with E-state index in [1.54, 1.807) is 32.3 Å². The van der Waals surface area contributed by atoms with Gasteiger partial charge in [0.15, 0.2) is 0 Å². The first kappa shape index (κ1) is 33.1. The summed E-state index contributed by atoms with van der Waals surface area (Å²) in [6.45, 7) is 0.106. The predicted octanol–water partition coefficient (Wildman–Crippen LogP) is 6.17. The lowest BCUT2D eigenvalue weighted by Crippen LogP contribution is -2.57. The summed E-state index contributed by atoms with van der Waals surface area (Å²) in [6, 6.07) is 24.6. The lowest BCUT2D eigenvalue weighted by Gasteiger charge is -2.38. The first-order chi connectivity index (χ1) is 22.4. The molecule has 0 aliphatic carbocycles. The van der Waals surface area contributed by atoms with Gasteiger partial charge in [-0.05, 0) is 57.6 Å². The van der Waals surface area contributed by atoms with Crippen LogP contribution < -0.4 is 10.1 Å². The third-order valence-electron chi connectivity index (χ3n) is 8.04. The van der Waals surface area contributed by atoms with Gasteiger partial charge >= 0.3 is 18.2 Å². The number of carboxylic acid groups (broad SMARTS) is 1. The molecule has 0 bridgehead atoms. The molecule has 2 N–H and O–H groups in total. The van der Waals surface area contributed by atoms with E-state index in [9.17, 15) is 32.7 Å². The highest BCUT2D eigenvalue weighted by Crippen LogP contribution is 2.31. The van der Waals surface area contributed by atoms with Crippen LogP contribution >= 0.6 is 0 Å². The summed E-state index contributed by atoms with van der Waals surface area (Å²) in [5, 5.41) is 12.6. The van der Waals surface area contributed by atoms with Crippen molar-refractivity contribution in [1.29, 1.82) is 0 Å². The maximum Gasteiger partial charge on any atom is 0.416 e. The molecule has 0 fully saturated rings. The van der Waals surface area contributed by atoms with E-state index in [2.05, 4.69) is 5.32 Å². The molecule has 0 unspecified atom stereocenters. The SMILES string of the molecule is CN(C)C(=O)N1Cc2cc(OCc3ccc(C(F)(F)F)cc3)ccc2C[C@H]1C(=O)N[C@@H](Cc1ccc(-c2ccccc2)cc1)C(=O)O. The zero-order chi connectivity index (χ0) is 33.7. The highest BCUT2D eigenvalue weighted by atomic mass is 19.4. The van der Waals surface area contributed by atoms with Gasteiger partial charge in [-0.2, -0.15) is 13.2 Å². The lowest BCUT2D eigenvalue weighted by atomic mass is 9.93. The number of hydrogen-bond donors (Lipinski definition) is 2. The van der Waals surface area contributed by atoms with Gasteiger partial charge in [-0.3, -0.25) is 4.79 Å². The number of amides is 3. The predicted molar refractivity (Wildman–Crippen MR) is 169 cm³/mol. The van der Waals surface area contributed by atoms with Crippen LogP contribution in [0.1, 0.15) is 27.8 Å². The summed E-state index contributed by atoms with van der Waals surface area (Å²) in [5.74, 6) is -1.32. The fourth-order valence-corrected chi connectivity index (χ4v) is 5.47. The fourth-order valence-electron chi connectivity index (χ4n) is 5.47. The second-order valence-corrected chi connectivity index (χ2v) is 11.6. The molecule has 47 heavy (non-hydrogen) atoms. The number of carbonyl (C=O) groups excluding carboxylic acids is 2. The molecular weight excluding hydrogens is 611 g/mol. The topological polar surface area (TPSA) is 99.2 Å². The monoisotopic (exact) mass is 645 g/mol. The Morgan fingerprint density at radius 3 is 2.15 bits per heavy atom. The zero-order valence-corrected chi connectivity index (χ0v) is 25.8. The number of nitrogens with zero attached hydrogens (tertiary/aromatic N) is 2. The number of ether oxygens (including phenoxy) is 1. The fraction of sp³-hybridized carbons (Fsp3) is 0.250. The minimum atomic E-state index is -4.42. The zero-order valence-electron chi connectivity index (χ0n) is 25.8. The van der Waals surface area contributed by atoms with Gasteiger partial charge < -0.3 is 25.0 Å². The van der Waals surface area contributed by atoms with E-state index in [-0.39, 0.29) is 26.0 Å². The van der Waals surface area contributed by atoms with Crippen molar-refractivity contribution >= 4 is 17.9 Å². The molecule has 244 valence electrons. The molecule has 1 heterocycles. The Morgan fingerprint density at radius 2 is 1.53 bits per heavy atom. The van der Waals surface area contributed by atoms with Crippen LogP contribution in [0.4, 0.5) is 18.0 Å². The molecule has 8 nitrogen and oxygen atoms in total. The number of urea groups is 1. The Kier molecular flexibility index (Phi) is 9.83. The van der Waals surface area contributed by atoms with E-state index in [0.717, 1.165) is 39.9 Å². The van der Waals surface area contributed by atoms with Crippen LogP contribution in [0.2, 0.25) is 0 Å². The summed E-state index contributed by atoms with van der Waals surface area (Å²) in [5.41, 5.74) is 4.08. The van der Waals surface area contributed by atoms with Crippen LogP contribution in [0.25, 0.3) is 11.1 Å². The number of benzene rings is 4. The molecule has 1 aliphatic heterocycles. The van der Waals surface area contributed by atoms with Gasteiger partial charge in [0.05, 0.1) is 5.56 Å². The van der Waals surface area contributed by atoms with Crippen molar-refractivity contribution in [2.24, 2.45) is 0 Å². The molecule has 0 spiro atoms. The number of halogens is 3. The Hall–Kier alpha value is -5.32. The van der Waals surface area contributed by atoms with Crippen LogP contribution in [0.15, 0.2) is 97.1 Å². The minimum Gasteiger partial charge on any atom is -0.489 e. The molecule has 1 aliphatic rings. The minimum absolute atomic E-state index is 0.0356. The summed E-state index contributed by atoms with van der Waals surface area (Å²) in [4.78, 5) is 41.8. The standard InChI is InChI=1S/C36H34F3N3O5/c1-41(2)35(46)42-21-28-19-30(47-22-24-10-15-29(16-11-24)36(37,38)39)17-14-27(28)20-32(42)33(43)40-31(34(44)45)18-23-8-12-26(13-9-23)25-6-4-3-5-7-25/h3-17,19,31-32H,18,20-22H2,1-2H3,(H,40,43)(H,44,45)/t31-,32-/m0/s1. The molecule has 2 atom stereocenters. The number of carbonyl (C=O) groups is 3. The largest absolute Gasteiger partial charge is 0.489 e. The Balaban J connectivity index is 1.28. The summed E-state index contributed by atoms with van der Waals surface area (Å²) in [7, 11) is 3.13. The number of rotatable bonds is 9. The molecule has 0 aromatic heterocycles. The Bertz CT molecular complexity index is 1730. The third-order valence-corrected chi connectivity index (χ3v) is 8.04. The van der Waals surface area contributed by atoms with Gasteiger partial charge in [0.2, 0.25) is 5.91 Å². The smallest absolute Gasteiger partial charge is 0.416 e. The van der Waals surface area contributed by atoms with Crippen molar-refractivity contribution in [3.8, 4) is 16.9 Å². The maximum atomic E-state index is 13.6. The average molecular weight is 646 g/mol. The average Bonchev–Trinajstić information content (AvgIpc) is 3.06. The second-order valence-electron chi connectivity index (χ2n) is 11.6. The van der Waals surface area contributed by atoms with Gasteiger partial charge in [-0.15, -0.1) is 0 Å². The van der Waals surface area contributed by atoms with Crippen molar-refractivity contribution in [1.82, 2.24) is 15.1 Å².